The lowest BCUT2D eigenvalue weighted by atomic mass is 10.1. The summed E-state index contributed by atoms with van der Waals surface area (Å²) in [4.78, 5) is 19.6. The summed E-state index contributed by atoms with van der Waals surface area (Å²) in [6.07, 6.45) is 4.10. The molecule has 5 rings (SSSR count). The third-order valence-corrected chi connectivity index (χ3v) is 5.31. The first-order valence-electron chi connectivity index (χ1n) is 9.39. The number of nitrogens with zero attached hydrogens (tertiary/aromatic N) is 4. The summed E-state index contributed by atoms with van der Waals surface area (Å²) >= 11 is 0. The zero-order valence-corrected chi connectivity index (χ0v) is 15.3. The lowest BCUT2D eigenvalue weighted by molar-refractivity contribution is 0.102. The molecule has 1 fully saturated rings. The van der Waals surface area contributed by atoms with E-state index in [2.05, 4.69) is 31.5 Å². The van der Waals surface area contributed by atoms with Gasteiger partial charge in [0, 0.05) is 35.9 Å². The topological polar surface area (TPSA) is 97.0 Å². The monoisotopic (exact) mass is 372 g/mol. The normalized spacial score (nSPS) is 16.0. The number of hydrogen-bond acceptors (Lipinski definition) is 6. The van der Waals surface area contributed by atoms with Crippen LogP contribution < -0.4 is 11.1 Å². The van der Waals surface area contributed by atoms with E-state index in [0.717, 1.165) is 24.3 Å². The number of amides is 1. The Hall–Kier alpha value is -3.32. The molecular formula is C21H20N6O. The molecule has 7 heteroatoms. The molecule has 1 saturated carbocycles. The van der Waals surface area contributed by atoms with Crippen molar-refractivity contribution >= 4 is 17.5 Å². The fourth-order valence-electron chi connectivity index (χ4n) is 3.73. The summed E-state index contributed by atoms with van der Waals surface area (Å²) in [5.74, 6) is -0.0393. The Labute approximate surface area is 162 Å². The molecule has 1 aromatic heterocycles. The van der Waals surface area contributed by atoms with Crippen LogP contribution in [0.3, 0.4) is 0 Å². The van der Waals surface area contributed by atoms with E-state index in [1.807, 2.05) is 24.3 Å². The zero-order valence-electron chi connectivity index (χ0n) is 15.3. The number of hydrogen-bond donors (Lipinski definition) is 2. The number of nitrogen functional groups attached to an aromatic ring is 1. The Balaban J connectivity index is 1.39. The van der Waals surface area contributed by atoms with Gasteiger partial charge >= 0.3 is 0 Å². The quantitative estimate of drug-likeness (QED) is 0.731. The smallest absolute Gasteiger partial charge is 0.255 e. The van der Waals surface area contributed by atoms with Crippen molar-refractivity contribution in [2.45, 2.75) is 32.0 Å². The van der Waals surface area contributed by atoms with E-state index in [9.17, 15) is 4.79 Å². The lowest BCUT2D eigenvalue weighted by Gasteiger charge is -2.13. The minimum atomic E-state index is -0.143. The molecule has 28 heavy (non-hydrogen) atoms. The standard InChI is InChI=1S/C21H20N6O/c22-21-25-19(10-23-26-21)13-3-1-4-14(9-13)20(28)24-18-6-2-5-15-11-27(12-17(15)18)16-7-8-16/h1-6,9-10,16H,7-8,11-12H2,(H,24,28)(H2,22,25,26). The predicted molar refractivity (Wildman–Crippen MR) is 106 cm³/mol. The largest absolute Gasteiger partial charge is 0.366 e. The molecule has 3 aromatic rings. The van der Waals surface area contributed by atoms with Crippen LogP contribution in [0.25, 0.3) is 11.3 Å². The van der Waals surface area contributed by atoms with Gasteiger partial charge in [-0.15, -0.1) is 5.10 Å². The molecule has 2 aliphatic rings. The Morgan fingerprint density at radius 1 is 1.14 bits per heavy atom. The van der Waals surface area contributed by atoms with E-state index in [4.69, 9.17) is 5.73 Å². The number of aromatic nitrogens is 3. The molecule has 2 aromatic carbocycles. The van der Waals surface area contributed by atoms with Crippen molar-refractivity contribution in [3.63, 3.8) is 0 Å². The van der Waals surface area contributed by atoms with Crippen LogP contribution >= 0.6 is 0 Å². The number of rotatable bonds is 4. The maximum Gasteiger partial charge on any atom is 0.255 e. The van der Waals surface area contributed by atoms with Gasteiger partial charge in [-0.1, -0.05) is 24.3 Å². The van der Waals surface area contributed by atoms with Crippen molar-refractivity contribution < 1.29 is 4.79 Å². The van der Waals surface area contributed by atoms with Crippen molar-refractivity contribution in [2.24, 2.45) is 0 Å². The highest BCUT2D eigenvalue weighted by Crippen LogP contribution is 2.37. The van der Waals surface area contributed by atoms with Crippen molar-refractivity contribution in [1.82, 2.24) is 20.1 Å². The molecular weight excluding hydrogens is 352 g/mol. The van der Waals surface area contributed by atoms with E-state index in [1.54, 1.807) is 12.1 Å². The lowest BCUT2D eigenvalue weighted by Crippen LogP contribution is -2.19. The molecule has 1 aliphatic carbocycles. The van der Waals surface area contributed by atoms with Crippen LogP contribution in [0.2, 0.25) is 0 Å². The highest BCUT2D eigenvalue weighted by atomic mass is 16.1. The summed E-state index contributed by atoms with van der Waals surface area (Å²) in [6, 6.07) is 14.1. The van der Waals surface area contributed by atoms with Gasteiger partial charge in [0.1, 0.15) is 0 Å². The first-order chi connectivity index (χ1) is 13.7. The molecule has 0 atom stereocenters. The van der Waals surface area contributed by atoms with Crippen LogP contribution in [0.4, 0.5) is 11.6 Å². The maximum atomic E-state index is 12.9. The Kier molecular flexibility index (Phi) is 4.02. The van der Waals surface area contributed by atoms with E-state index in [1.165, 1.54) is 30.2 Å². The van der Waals surface area contributed by atoms with Crippen LogP contribution in [0.5, 0.6) is 0 Å². The molecule has 0 radical (unpaired) electrons. The molecule has 0 saturated heterocycles. The summed E-state index contributed by atoms with van der Waals surface area (Å²) in [5, 5.41) is 10.6. The average Bonchev–Trinajstić information content (AvgIpc) is 3.47. The van der Waals surface area contributed by atoms with Gasteiger partial charge in [0.2, 0.25) is 5.95 Å². The van der Waals surface area contributed by atoms with Crippen molar-refractivity contribution in [3.8, 4) is 11.3 Å². The summed E-state index contributed by atoms with van der Waals surface area (Å²) in [6.45, 7) is 1.88. The molecule has 1 aliphatic heterocycles. The number of benzene rings is 2. The van der Waals surface area contributed by atoms with E-state index in [0.29, 0.717) is 17.3 Å². The Morgan fingerprint density at radius 3 is 2.82 bits per heavy atom. The van der Waals surface area contributed by atoms with Crippen molar-refractivity contribution in [3.05, 3.63) is 65.4 Å². The molecule has 140 valence electrons. The number of nitrogens with one attached hydrogen (secondary N) is 1. The third kappa shape index (κ3) is 3.20. The molecule has 0 unspecified atom stereocenters. The summed E-state index contributed by atoms with van der Waals surface area (Å²) in [7, 11) is 0. The minimum absolute atomic E-state index is 0.104. The number of nitrogens with two attached hydrogens (primary N) is 1. The van der Waals surface area contributed by atoms with Crippen LogP contribution in [0, 0.1) is 0 Å². The van der Waals surface area contributed by atoms with Crippen LogP contribution in [-0.4, -0.2) is 32.0 Å². The third-order valence-electron chi connectivity index (χ3n) is 5.31. The number of carbonyl (C=O) groups is 1. The van der Waals surface area contributed by atoms with E-state index < -0.39 is 0 Å². The molecule has 7 nitrogen and oxygen atoms in total. The minimum Gasteiger partial charge on any atom is -0.366 e. The number of anilines is 2. The van der Waals surface area contributed by atoms with E-state index >= 15 is 0 Å². The Morgan fingerprint density at radius 2 is 2.00 bits per heavy atom. The van der Waals surface area contributed by atoms with Crippen molar-refractivity contribution in [1.29, 1.82) is 0 Å². The number of carbonyl (C=O) groups excluding carboxylic acids is 1. The SMILES string of the molecule is Nc1nncc(-c2cccc(C(=O)Nc3cccc4c3CN(C3CC3)C4)c2)n1. The van der Waals surface area contributed by atoms with Crippen LogP contribution in [0.1, 0.15) is 34.3 Å². The molecule has 3 N–H and O–H groups in total. The molecule has 2 heterocycles. The van der Waals surface area contributed by atoms with Gasteiger partial charge in [-0.3, -0.25) is 9.69 Å². The highest BCUT2D eigenvalue weighted by molar-refractivity contribution is 6.05. The summed E-state index contributed by atoms with van der Waals surface area (Å²) < 4.78 is 0. The molecule has 1 amide bonds. The van der Waals surface area contributed by atoms with Crippen LogP contribution in [0.15, 0.2) is 48.7 Å². The van der Waals surface area contributed by atoms with Gasteiger partial charge in [-0.05, 0) is 42.2 Å². The van der Waals surface area contributed by atoms with Gasteiger partial charge in [0.05, 0.1) is 11.9 Å². The molecule has 0 spiro atoms. The molecule has 0 bridgehead atoms. The fourth-order valence-corrected chi connectivity index (χ4v) is 3.73. The van der Waals surface area contributed by atoms with Gasteiger partial charge in [0.25, 0.3) is 5.91 Å². The van der Waals surface area contributed by atoms with Gasteiger partial charge < -0.3 is 11.1 Å². The second kappa shape index (κ2) is 6.69. The second-order valence-corrected chi connectivity index (χ2v) is 7.31. The fraction of sp³-hybridized carbons (Fsp3) is 0.238. The number of fused-ring (bicyclic) bond motifs is 1. The zero-order chi connectivity index (χ0) is 19.1. The van der Waals surface area contributed by atoms with Gasteiger partial charge in [-0.2, -0.15) is 5.10 Å². The first kappa shape index (κ1) is 16.8. The predicted octanol–water partition coefficient (Wildman–Crippen LogP) is 2.85. The van der Waals surface area contributed by atoms with E-state index in [-0.39, 0.29) is 11.9 Å². The highest BCUT2D eigenvalue weighted by Gasteiger charge is 2.33. The Bertz CT molecular complexity index is 1060. The maximum absolute atomic E-state index is 12.9. The van der Waals surface area contributed by atoms with Crippen molar-refractivity contribution in [2.75, 3.05) is 11.1 Å². The van der Waals surface area contributed by atoms with Gasteiger partial charge in [-0.25, -0.2) is 4.98 Å². The second-order valence-electron chi connectivity index (χ2n) is 7.31. The van der Waals surface area contributed by atoms with Crippen LogP contribution in [-0.2, 0) is 13.1 Å². The first-order valence-corrected chi connectivity index (χ1v) is 9.39. The van der Waals surface area contributed by atoms with Gasteiger partial charge in [0.15, 0.2) is 0 Å². The average molecular weight is 372 g/mol. The summed E-state index contributed by atoms with van der Waals surface area (Å²) in [5.41, 5.74) is 11.0.